The molecule has 4 aromatic rings. The van der Waals surface area contributed by atoms with Gasteiger partial charge in [0.15, 0.2) is 5.16 Å². The number of thioether (sulfide) groups is 1. The van der Waals surface area contributed by atoms with Crippen LogP contribution >= 0.6 is 39.3 Å². The molecule has 0 fully saturated rings. The van der Waals surface area contributed by atoms with Crippen LogP contribution in [0, 0.1) is 6.92 Å². The molecule has 3 aromatic carbocycles. The molecule has 8 heteroatoms. The fourth-order valence-electron chi connectivity index (χ4n) is 3.22. The minimum absolute atomic E-state index is 0.164. The van der Waals surface area contributed by atoms with Crippen molar-refractivity contribution in [1.29, 1.82) is 0 Å². The maximum atomic E-state index is 12.6. The molecule has 0 saturated carbocycles. The zero-order valence-corrected chi connectivity index (χ0v) is 20.4. The van der Waals surface area contributed by atoms with E-state index >= 15 is 0 Å². The van der Waals surface area contributed by atoms with Gasteiger partial charge in [0.25, 0.3) is 0 Å². The van der Waals surface area contributed by atoms with Gasteiger partial charge in [-0.15, -0.1) is 10.2 Å². The number of carbonyl (C=O) groups is 1. The Labute approximate surface area is 204 Å². The summed E-state index contributed by atoms with van der Waals surface area (Å²) < 4.78 is 2.87. The molecule has 4 rings (SSSR count). The van der Waals surface area contributed by atoms with Crippen LogP contribution in [0.15, 0.2) is 82.4 Å². The quantitative estimate of drug-likeness (QED) is 0.286. The second-order valence-corrected chi connectivity index (χ2v) is 9.46. The Balaban J connectivity index is 1.55. The third-order valence-corrected chi connectivity index (χ3v) is 6.44. The van der Waals surface area contributed by atoms with Crippen LogP contribution in [0.25, 0.3) is 5.69 Å². The SMILES string of the molecule is Cc1cccc(-n2c(Cc3ccccc3)nnc2SCC(=O)Nc2ccc(Br)cc2Cl)c1. The predicted octanol–water partition coefficient (Wildman–Crippen LogP) is 6.31. The lowest BCUT2D eigenvalue weighted by atomic mass is 10.1. The first-order valence-electron chi connectivity index (χ1n) is 9.92. The van der Waals surface area contributed by atoms with E-state index in [0.29, 0.717) is 22.3 Å². The summed E-state index contributed by atoms with van der Waals surface area (Å²) in [6, 6.07) is 23.7. The molecule has 0 bridgehead atoms. The van der Waals surface area contributed by atoms with Gasteiger partial charge < -0.3 is 5.32 Å². The summed E-state index contributed by atoms with van der Waals surface area (Å²) in [7, 11) is 0. The lowest BCUT2D eigenvalue weighted by Gasteiger charge is -2.11. The predicted molar refractivity (Wildman–Crippen MR) is 134 cm³/mol. The zero-order chi connectivity index (χ0) is 22.5. The first kappa shape index (κ1) is 22.6. The third-order valence-electron chi connectivity index (χ3n) is 4.70. The molecule has 0 aliphatic carbocycles. The molecule has 1 N–H and O–H groups in total. The van der Waals surface area contributed by atoms with Gasteiger partial charge in [-0.05, 0) is 48.4 Å². The highest BCUT2D eigenvalue weighted by Crippen LogP contribution is 2.27. The second kappa shape index (κ2) is 10.3. The number of nitrogens with zero attached hydrogens (tertiary/aromatic N) is 3. The largest absolute Gasteiger partial charge is 0.324 e. The summed E-state index contributed by atoms with van der Waals surface area (Å²) in [5, 5.41) is 12.8. The van der Waals surface area contributed by atoms with E-state index in [4.69, 9.17) is 11.6 Å². The molecule has 1 aromatic heterocycles. The minimum Gasteiger partial charge on any atom is -0.324 e. The second-order valence-electron chi connectivity index (χ2n) is 7.20. The van der Waals surface area contributed by atoms with E-state index in [0.717, 1.165) is 27.1 Å². The van der Waals surface area contributed by atoms with Gasteiger partial charge in [-0.2, -0.15) is 0 Å². The highest BCUT2D eigenvalue weighted by molar-refractivity contribution is 9.10. The molecule has 1 heterocycles. The Kier molecular flexibility index (Phi) is 7.29. The van der Waals surface area contributed by atoms with E-state index in [1.54, 1.807) is 12.1 Å². The van der Waals surface area contributed by atoms with Crippen molar-refractivity contribution in [2.45, 2.75) is 18.5 Å². The average molecular weight is 528 g/mol. The maximum absolute atomic E-state index is 12.6. The normalized spacial score (nSPS) is 10.8. The van der Waals surface area contributed by atoms with Gasteiger partial charge in [0.2, 0.25) is 5.91 Å². The number of hydrogen-bond acceptors (Lipinski definition) is 4. The number of hydrogen-bond donors (Lipinski definition) is 1. The van der Waals surface area contributed by atoms with Crippen LogP contribution in [0.3, 0.4) is 0 Å². The molecule has 1 amide bonds. The van der Waals surface area contributed by atoms with Crippen molar-refractivity contribution < 1.29 is 4.79 Å². The van der Waals surface area contributed by atoms with Gasteiger partial charge >= 0.3 is 0 Å². The molecular formula is C24H20BrClN4OS. The summed E-state index contributed by atoms with van der Waals surface area (Å²) in [6.45, 7) is 2.05. The van der Waals surface area contributed by atoms with Crippen molar-refractivity contribution >= 4 is 50.9 Å². The summed E-state index contributed by atoms with van der Waals surface area (Å²) in [4.78, 5) is 12.6. The molecule has 0 aliphatic rings. The van der Waals surface area contributed by atoms with Gasteiger partial charge in [0.05, 0.1) is 16.5 Å². The van der Waals surface area contributed by atoms with Crippen molar-refractivity contribution in [1.82, 2.24) is 14.8 Å². The fraction of sp³-hybridized carbons (Fsp3) is 0.125. The highest BCUT2D eigenvalue weighted by Gasteiger charge is 2.17. The molecule has 0 spiro atoms. The molecule has 0 radical (unpaired) electrons. The first-order chi connectivity index (χ1) is 15.5. The Morgan fingerprint density at radius 2 is 1.88 bits per heavy atom. The Morgan fingerprint density at radius 1 is 1.06 bits per heavy atom. The standard InChI is InChI=1S/C24H20BrClN4OS/c1-16-6-5-9-19(12-16)30-22(13-17-7-3-2-4-8-17)28-29-24(30)32-15-23(31)27-21-11-10-18(25)14-20(21)26/h2-12,14H,13,15H2,1H3,(H,27,31). The molecule has 32 heavy (non-hydrogen) atoms. The molecule has 162 valence electrons. The van der Waals surface area contributed by atoms with Crippen LogP contribution in [0.1, 0.15) is 17.0 Å². The van der Waals surface area contributed by atoms with E-state index in [9.17, 15) is 4.79 Å². The van der Waals surface area contributed by atoms with E-state index in [1.165, 1.54) is 11.8 Å². The van der Waals surface area contributed by atoms with Crippen LogP contribution in [0.5, 0.6) is 0 Å². The number of rotatable bonds is 7. The molecule has 0 atom stereocenters. The topological polar surface area (TPSA) is 59.8 Å². The number of nitrogens with one attached hydrogen (secondary N) is 1. The van der Waals surface area contributed by atoms with E-state index in [1.807, 2.05) is 54.0 Å². The summed E-state index contributed by atoms with van der Waals surface area (Å²) in [5.41, 5.74) is 3.83. The lowest BCUT2D eigenvalue weighted by Crippen LogP contribution is -2.15. The third kappa shape index (κ3) is 5.59. The number of anilines is 1. The van der Waals surface area contributed by atoms with Gasteiger partial charge in [0, 0.05) is 16.6 Å². The van der Waals surface area contributed by atoms with Crippen LogP contribution in [-0.4, -0.2) is 26.4 Å². The number of aromatic nitrogens is 3. The maximum Gasteiger partial charge on any atom is 0.234 e. The lowest BCUT2D eigenvalue weighted by molar-refractivity contribution is -0.113. The Bertz CT molecular complexity index is 1250. The van der Waals surface area contributed by atoms with Crippen molar-refractivity contribution in [2.24, 2.45) is 0 Å². The Hall–Kier alpha value is -2.61. The van der Waals surface area contributed by atoms with Gasteiger partial charge in [-0.3, -0.25) is 9.36 Å². The number of aryl methyl sites for hydroxylation is 1. The van der Waals surface area contributed by atoms with Crippen LogP contribution in [-0.2, 0) is 11.2 Å². The van der Waals surface area contributed by atoms with Crippen molar-refractivity contribution in [3.05, 3.63) is 99.2 Å². The van der Waals surface area contributed by atoms with Crippen molar-refractivity contribution in [2.75, 3.05) is 11.1 Å². The zero-order valence-electron chi connectivity index (χ0n) is 17.3. The van der Waals surface area contributed by atoms with Gasteiger partial charge in [-0.25, -0.2) is 0 Å². The smallest absolute Gasteiger partial charge is 0.234 e. The van der Waals surface area contributed by atoms with Crippen molar-refractivity contribution in [3.8, 4) is 5.69 Å². The summed E-state index contributed by atoms with van der Waals surface area (Å²) >= 11 is 10.9. The number of benzene rings is 3. The highest BCUT2D eigenvalue weighted by atomic mass is 79.9. The van der Waals surface area contributed by atoms with E-state index < -0.39 is 0 Å². The number of halogens is 2. The molecule has 5 nitrogen and oxygen atoms in total. The Morgan fingerprint density at radius 3 is 2.62 bits per heavy atom. The number of carbonyl (C=O) groups excluding carboxylic acids is 1. The van der Waals surface area contributed by atoms with Crippen LogP contribution in [0.2, 0.25) is 5.02 Å². The molecule has 0 unspecified atom stereocenters. The fourth-order valence-corrected chi connectivity index (χ4v) is 4.71. The molecule has 0 aliphatic heterocycles. The van der Waals surface area contributed by atoms with Crippen molar-refractivity contribution in [3.63, 3.8) is 0 Å². The molecular weight excluding hydrogens is 508 g/mol. The average Bonchev–Trinajstić information content (AvgIpc) is 3.17. The monoisotopic (exact) mass is 526 g/mol. The number of amides is 1. The van der Waals surface area contributed by atoms with Gasteiger partial charge in [0.1, 0.15) is 5.82 Å². The summed E-state index contributed by atoms with van der Waals surface area (Å²) in [5.74, 6) is 0.838. The molecule has 0 saturated heterocycles. The first-order valence-corrected chi connectivity index (χ1v) is 12.1. The van der Waals surface area contributed by atoms with E-state index in [-0.39, 0.29) is 11.7 Å². The van der Waals surface area contributed by atoms with Gasteiger partial charge in [-0.1, -0.05) is 81.8 Å². The minimum atomic E-state index is -0.164. The summed E-state index contributed by atoms with van der Waals surface area (Å²) in [6.07, 6.45) is 0.642. The van der Waals surface area contributed by atoms with E-state index in [2.05, 4.69) is 49.6 Å². The van der Waals surface area contributed by atoms with Crippen LogP contribution < -0.4 is 5.32 Å². The van der Waals surface area contributed by atoms with Crippen LogP contribution in [0.4, 0.5) is 5.69 Å².